The van der Waals surface area contributed by atoms with Gasteiger partial charge in [-0.1, -0.05) is 23.2 Å². The van der Waals surface area contributed by atoms with Crippen molar-refractivity contribution in [2.45, 2.75) is 6.92 Å². The van der Waals surface area contributed by atoms with Gasteiger partial charge in [-0.15, -0.1) is 0 Å². The molecule has 0 atom stereocenters. The van der Waals surface area contributed by atoms with Gasteiger partial charge in [0, 0.05) is 17.3 Å². The summed E-state index contributed by atoms with van der Waals surface area (Å²) in [6.07, 6.45) is 0. The zero-order valence-electron chi connectivity index (χ0n) is 13.5. The van der Waals surface area contributed by atoms with E-state index in [1.165, 1.54) is 38.3 Å². The van der Waals surface area contributed by atoms with Crippen molar-refractivity contribution in [3.8, 4) is 5.75 Å². The molecule has 2 N–H and O–H groups in total. The van der Waals surface area contributed by atoms with Gasteiger partial charge >= 0.3 is 0 Å². The Morgan fingerprint density at radius 3 is 2.44 bits per heavy atom. The summed E-state index contributed by atoms with van der Waals surface area (Å²) in [6.45, 7) is 1.53. The van der Waals surface area contributed by atoms with Crippen molar-refractivity contribution in [3.05, 3.63) is 52.0 Å². The molecule has 0 saturated heterocycles. The van der Waals surface area contributed by atoms with Crippen molar-refractivity contribution in [1.82, 2.24) is 0 Å². The van der Waals surface area contributed by atoms with Gasteiger partial charge in [0.15, 0.2) is 0 Å². The molecule has 0 saturated carbocycles. The molecule has 0 bridgehead atoms. The van der Waals surface area contributed by atoms with Gasteiger partial charge in [-0.2, -0.15) is 0 Å². The Labute approximate surface area is 156 Å². The van der Waals surface area contributed by atoms with Gasteiger partial charge in [0.2, 0.25) is 10.0 Å². The first-order chi connectivity index (χ1) is 11.8. The second kappa shape index (κ2) is 7.95. The fourth-order valence-corrected chi connectivity index (χ4v) is 2.88. The minimum atomic E-state index is -3.44. The fourth-order valence-electron chi connectivity index (χ4n) is 1.93. The Morgan fingerprint density at radius 2 is 1.84 bits per heavy atom. The molecular weight excluding hydrogens is 387 g/mol. The molecule has 2 aromatic rings. The number of amides is 1. The Kier molecular flexibility index (Phi) is 6.16. The lowest BCUT2D eigenvalue weighted by Gasteiger charge is -2.13. The van der Waals surface area contributed by atoms with E-state index in [0.717, 1.165) is 0 Å². The summed E-state index contributed by atoms with van der Waals surface area (Å²) in [5, 5.41) is 3.31. The van der Waals surface area contributed by atoms with Crippen LogP contribution < -0.4 is 14.8 Å². The average molecular weight is 403 g/mol. The molecule has 0 spiro atoms. The maximum Gasteiger partial charge on any atom is 0.255 e. The topological polar surface area (TPSA) is 84.5 Å². The lowest BCUT2D eigenvalue weighted by molar-refractivity contribution is 0.102. The summed E-state index contributed by atoms with van der Waals surface area (Å²) in [4.78, 5) is 12.3. The van der Waals surface area contributed by atoms with E-state index in [1.54, 1.807) is 12.1 Å². The molecule has 0 aliphatic rings. The van der Waals surface area contributed by atoms with Gasteiger partial charge < -0.3 is 10.1 Å². The largest absolute Gasteiger partial charge is 0.494 e. The monoisotopic (exact) mass is 402 g/mol. The number of carbonyl (C=O) groups is 1. The third kappa shape index (κ3) is 5.01. The number of ether oxygens (including phenoxy) is 1. The molecule has 0 fully saturated rings. The van der Waals surface area contributed by atoms with Crippen LogP contribution in [0.1, 0.15) is 17.3 Å². The Morgan fingerprint density at radius 1 is 1.12 bits per heavy atom. The highest BCUT2D eigenvalue weighted by atomic mass is 35.5. The predicted octanol–water partition coefficient (Wildman–Crippen LogP) is 4.02. The fraction of sp³-hybridized carbons (Fsp3) is 0.188. The summed E-state index contributed by atoms with van der Waals surface area (Å²) >= 11 is 11.7. The first kappa shape index (κ1) is 19.4. The Bertz CT molecular complexity index is 901. The van der Waals surface area contributed by atoms with Crippen LogP contribution in [0.3, 0.4) is 0 Å². The van der Waals surface area contributed by atoms with Crippen molar-refractivity contribution < 1.29 is 17.9 Å². The highest BCUT2D eigenvalue weighted by molar-refractivity contribution is 7.92. The second-order valence-corrected chi connectivity index (χ2v) is 7.83. The summed E-state index contributed by atoms with van der Waals surface area (Å²) in [5.74, 6) is -0.169. The summed E-state index contributed by atoms with van der Waals surface area (Å²) in [5.41, 5.74) is 1.06. The van der Waals surface area contributed by atoms with E-state index in [0.29, 0.717) is 16.3 Å². The number of halogens is 2. The number of rotatable bonds is 6. The number of nitrogens with one attached hydrogen (secondary N) is 2. The third-order valence-corrected chi connectivity index (χ3v) is 5.32. The van der Waals surface area contributed by atoms with E-state index < -0.39 is 10.0 Å². The van der Waals surface area contributed by atoms with E-state index in [4.69, 9.17) is 27.9 Å². The number of hydrogen-bond acceptors (Lipinski definition) is 4. The normalized spacial score (nSPS) is 11.0. The van der Waals surface area contributed by atoms with Crippen LogP contribution in [0, 0.1) is 0 Å². The second-order valence-electron chi connectivity index (χ2n) is 5.00. The smallest absolute Gasteiger partial charge is 0.255 e. The highest BCUT2D eigenvalue weighted by Crippen LogP contribution is 2.29. The molecule has 0 aliphatic carbocycles. The lowest BCUT2D eigenvalue weighted by Crippen LogP contribution is -2.16. The van der Waals surface area contributed by atoms with Crippen LogP contribution in [-0.4, -0.2) is 27.2 Å². The summed E-state index contributed by atoms with van der Waals surface area (Å²) < 4.78 is 31.0. The van der Waals surface area contributed by atoms with Gasteiger partial charge in [0.25, 0.3) is 5.91 Å². The highest BCUT2D eigenvalue weighted by Gasteiger charge is 2.13. The summed E-state index contributed by atoms with van der Waals surface area (Å²) in [6, 6.07) is 9.12. The molecule has 0 radical (unpaired) electrons. The predicted molar refractivity (Wildman–Crippen MR) is 100 cm³/mol. The van der Waals surface area contributed by atoms with E-state index in [1.807, 2.05) is 0 Å². The number of carbonyl (C=O) groups excluding carboxylic acids is 1. The van der Waals surface area contributed by atoms with E-state index in [-0.39, 0.29) is 28.1 Å². The van der Waals surface area contributed by atoms with Crippen molar-refractivity contribution in [1.29, 1.82) is 0 Å². The van der Waals surface area contributed by atoms with Crippen LogP contribution in [0.4, 0.5) is 11.4 Å². The molecule has 0 aromatic heterocycles. The molecule has 25 heavy (non-hydrogen) atoms. The first-order valence-corrected chi connectivity index (χ1v) is 9.61. The van der Waals surface area contributed by atoms with Gasteiger partial charge in [0.1, 0.15) is 5.75 Å². The van der Waals surface area contributed by atoms with Gasteiger partial charge in [0.05, 0.1) is 28.6 Å². The Balaban J connectivity index is 2.22. The molecular formula is C16H16Cl2N2O4S. The number of methoxy groups -OCH3 is 1. The zero-order valence-corrected chi connectivity index (χ0v) is 15.8. The molecule has 2 rings (SSSR count). The van der Waals surface area contributed by atoms with Gasteiger partial charge in [-0.3, -0.25) is 9.52 Å². The van der Waals surface area contributed by atoms with E-state index in [9.17, 15) is 13.2 Å². The zero-order chi connectivity index (χ0) is 18.6. The van der Waals surface area contributed by atoms with Crippen molar-refractivity contribution in [3.63, 3.8) is 0 Å². The molecule has 6 nitrogen and oxygen atoms in total. The van der Waals surface area contributed by atoms with Crippen LogP contribution in [0.15, 0.2) is 36.4 Å². The van der Waals surface area contributed by atoms with Crippen molar-refractivity contribution in [2.75, 3.05) is 22.9 Å². The molecule has 1 amide bonds. The van der Waals surface area contributed by atoms with Gasteiger partial charge in [-0.05, 0) is 37.3 Å². The number of benzene rings is 2. The number of hydrogen-bond donors (Lipinski definition) is 2. The van der Waals surface area contributed by atoms with Crippen LogP contribution in [0.2, 0.25) is 10.0 Å². The Hall–Kier alpha value is -1.96. The lowest BCUT2D eigenvalue weighted by atomic mass is 10.2. The standard InChI is InChI=1S/C16H16Cl2N2O4S/c1-3-25(22,23)20-14-7-5-11(9-15(14)24-2)19-16(21)10-4-6-12(17)13(18)8-10/h4-9,20H,3H2,1-2H3,(H,19,21). The number of anilines is 2. The first-order valence-electron chi connectivity index (χ1n) is 7.20. The van der Waals surface area contributed by atoms with Crippen LogP contribution in [0.25, 0.3) is 0 Å². The molecule has 0 heterocycles. The van der Waals surface area contributed by atoms with E-state index in [2.05, 4.69) is 10.0 Å². The van der Waals surface area contributed by atoms with Crippen LogP contribution in [0.5, 0.6) is 5.75 Å². The molecule has 0 aliphatic heterocycles. The van der Waals surface area contributed by atoms with Crippen molar-refractivity contribution in [2.24, 2.45) is 0 Å². The summed E-state index contributed by atoms with van der Waals surface area (Å²) in [7, 11) is -2.03. The van der Waals surface area contributed by atoms with E-state index >= 15 is 0 Å². The SMILES string of the molecule is CCS(=O)(=O)Nc1ccc(NC(=O)c2ccc(Cl)c(Cl)c2)cc1OC. The average Bonchev–Trinajstić information content (AvgIpc) is 2.58. The molecule has 9 heteroatoms. The maximum atomic E-state index is 12.3. The van der Waals surface area contributed by atoms with Crippen LogP contribution in [-0.2, 0) is 10.0 Å². The number of sulfonamides is 1. The van der Waals surface area contributed by atoms with Crippen LogP contribution >= 0.6 is 23.2 Å². The third-order valence-electron chi connectivity index (χ3n) is 3.29. The molecule has 134 valence electrons. The van der Waals surface area contributed by atoms with Gasteiger partial charge in [-0.25, -0.2) is 8.42 Å². The quantitative estimate of drug-likeness (QED) is 0.763. The maximum absolute atomic E-state index is 12.3. The molecule has 2 aromatic carbocycles. The van der Waals surface area contributed by atoms with Crippen molar-refractivity contribution >= 4 is 50.5 Å². The minimum Gasteiger partial charge on any atom is -0.494 e. The minimum absolute atomic E-state index is 0.0635. The molecule has 0 unspecified atom stereocenters.